The Morgan fingerprint density at radius 3 is 1.73 bits per heavy atom. The molecule has 0 saturated heterocycles. The summed E-state index contributed by atoms with van der Waals surface area (Å²) in [5, 5.41) is 4.03. The van der Waals surface area contributed by atoms with Gasteiger partial charge in [0.25, 0.3) is 5.78 Å². The summed E-state index contributed by atoms with van der Waals surface area (Å²) in [5.41, 5.74) is 12.4. The van der Waals surface area contributed by atoms with Gasteiger partial charge in [0.1, 0.15) is 5.70 Å². The summed E-state index contributed by atoms with van der Waals surface area (Å²) in [4.78, 5) is 24.0. The van der Waals surface area contributed by atoms with Crippen LogP contribution in [0.25, 0.3) is 27.2 Å². The van der Waals surface area contributed by atoms with E-state index in [1.54, 1.807) is 6.07 Å². The number of nitrogens with two attached hydrogens (primary N) is 2. The highest BCUT2D eigenvalue weighted by molar-refractivity contribution is 6.52. The zero-order valence-corrected chi connectivity index (χ0v) is 11.6. The van der Waals surface area contributed by atoms with Crippen LogP contribution in [0.4, 0.5) is 0 Å². The monoisotopic (exact) mass is 288 g/mol. The lowest BCUT2D eigenvalue weighted by atomic mass is 9.88. The molecule has 106 valence electrons. The highest BCUT2D eigenvalue weighted by atomic mass is 16.2. The molecule has 3 aromatic carbocycles. The van der Waals surface area contributed by atoms with Gasteiger partial charge in [-0.2, -0.15) is 0 Å². The molecule has 0 fully saturated rings. The van der Waals surface area contributed by atoms with Gasteiger partial charge in [-0.3, -0.25) is 9.59 Å². The van der Waals surface area contributed by atoms with Crippen molar-refractivity contribution in [3.8, 4) is 0 Å². The van der Waals surface area contributed by atoms with Gasteiger partial charge in [-0.05, 0) is 45.8 Å². The van der Waals surface area contributed by atoms with E-state index >= 15 is 0 Å². The fourth-order valence-corrected chi connectivity index (χ4v) is 2.91. The molecule has 0 radical (unpaired) electrons. The van der Waals surface area contributed by atoms with Gasteiger partial charge in [-0.25, -0.2) is 0 Å². The molecular weight excluding hydrogens is 276 g/mol. The third-order valence-electron chi connectivity index (χ3n) is 4.12. The standard InChI is InChI=1S/C18H12N2O2/c19-15-13-7-11-5-9-3-1-2-4-10(9)6-12(11)8-14(13)17(21)18(22)16(15)20/h1-8H,19-20H2. The summed E-state index contributed by atoms with van der Waals surface area (Å²) in [5.74, 6) is -1.33. The molecule has 0 atom stereocenters. The molecule has 22 heavy (non-hydrogen) atoms. The van der Waals surface area contributed by atoms with Gasteiger partial charge in [-0.1, -0.05) is 24.3 Å². The number of hydrogen-bond donors (Lipinski definition) is 2. The van der Waals surface area contributed by atoms with Gasteiger partial charge >= 0.3 is 0 Å². The zero-order chi connectivity index (χ0) is 15.4. The Morgan fingerprint density at radius 1 is 0.591 bits per heavy atom. The van der Waals surface area contributed by atoms with E-state index in [1.807, 2.05) is 42.5 Å². The molecule has 0 aromatic heterocycles. The van der Waals surface area contributed by atoms with Crippen molar-refractivity contribution in [3.05, 3.63) is 65.4 Å². The number of carbonyl (C=O) groups is 2. The van der Waals surface area contributed by atoms with Crippen LogP contribution in [0.1, 0.15) is 15.9 Å². The molecule has 0 unspecified atom stereocenters. The predicted molar refractivity (Wildman–Crippen MR) is 86.1 cm³/mol. The molecule has 4 N–H and O–H groups in total. The van der Waals surface area contributed by atoms with Crippen LogP contribution in [-0.4, -0.2) is 11.6 Å². The van der Waals surface area contributed by atoms with Crippen molar-refractivity contribution in [2.75, 3.05) is 0 Å². The summed E-state index contributed by atoms with van der Waals surface area (Å²) in [7, 11) is 0. The van der Waals surface area contributed by atoms with Crippen molar-refractivity contribution in [2.24, 2.45) is 11.5 Å². The first kappa shape index (κ1) is 12.6. The second-order valence-corrected chi connectivity index (χ2v) is 5.43. The van der Waals surface area contributed by atoms with Crippen LogP contribution < -0.4 is 11.5 Å². The van der Waals surface area contributed by atoms with E-state index in [9.17, 15) is 9.59 Å². The van der Waals surface area contributed by atoms with Gasteiger partial charge in [0.15, 0.2) is 0 Å². The molecule has 0 bridgehead atoms. The Hall–Kier alpha value is -3.14. The van der Waals surface area contributed by atoms with Crippen LogP contribution >= 0.6 is 0 Å². The van der Waals surface area contributed by atoms with Gasteiger partial charge < -0.3 is 11.5 Å². The molecule has 1 aliphatic rings. The molecule has 0 spiro atoms. The molecule has 0 saturated carbocycles. The predicted octanol–water partition coefficient (Wildman–Crippen LogP) is 2.34. The van der Waals surface area contributed by atoms with Crippen LogP contribution in [0, 0.1) is 0 Å². The van der Waals surface area contributed by atoms with E-state index in [2.05, 4.69) is 0 Å². The van der Waals surface area contributed by atoms with E-state index in [0.29, 0.717) is 11.1 Å². The van der Waals surface area contributed by atoms with Crippen LogP contribution in [-0.2, 0) is 4.79 Å². The maximum atomic E-state index is 12.2. The minimum absolute atomic E-state index is 0.169. The second kappa shape index (κ2) is 4.18. The molecule has 3 aromatic rings. The van der Waals surface area contributed by atoms with E-state index < -0.39 is 11.6 Å². The largest absolute Gasteiger partial charge is 0.396 e. The Bertz CT molecular complexity index is 1030. The molecule has 4 heteroatoms. The summed E-state index contributed by atoms with van der Waals surface area (Å²) in [6.07, 6.45) is 0. The minimum atomic E-state index is -0.731. The van der Waals surface area contributed by atoms with Crippen molar-refractivity contribution in [2.45, 2.75) is 0 Å². The van der Waals surface area contributed by atoms with Crippen molar-refractivity contribution in [1.29, 1.82) is 0 Å². The third kappa shape index (κ3) is 1.58. The number of benzene rings is 3. The first-order valence-corrected chi connectivity index (χ1v) is 6.87. The second-order valence-electron chi connectivity index (χ2n) is 5.43. The van der Waals surface area contributed by atoms with E-state index in [0.717, 1.165) is 21.5 Å². The lowest BCUT2D eigenvalue weighted by Gasteiger charge is -2.17. The molecule has 0 amide bonds. The Balaban J connectivity index is 2.11. The summed E-state index contributed by atoms with van der Waals surface area (Å²) >= 11 is 0. The third-order valence-corrected chi connectivity index (χ3v) is 4.12. The number of rotatable bonds is 0. The van der Waals surface area contributed by atoms with E-state index in [-0.39, 0.29) is 11.4 Å². The average Bonchev–Trinajstić information content (AvgIpc) is 2.55. The van der Waals surface area contributed by atoms with Crippen molar-refractivity contribution < 1.29 is 9.59 Å². The van der Waals surface area contributed by atoms with Crippen molar-refractivity contribution in [1.82, 2.24) is 0 Å². The number of fused-ring (bicyclic) bond motifs is 3. The topological polar surface area (TPSA) is 86.2 Å². The van der Waals surface area contributed by atoms with Crippen molar-refractivity contribution >= 4 is 38.8 Å². The first-order valence-electron chi connectivity index (χ1n) is 6.87. The van der Waals surface area contributed by atoms with Crippen LogP contribution in [0.5, 0.6) is 0 Å². The summed E-state index contributed by atoms with van der Waals surface area (Å²) < 4.78 is 0. The first-order chi connectivity index (χ1) is 10.6. The maximum absolute atomic E-state index is 12.2. The Labute approximate surface area is 126 Å². The van der Waals surface area contributed by atoms with E-state index in [4.69, 9.17) is 11.5 Å². The molecule has 0 heterocycles. The molecular formula is C18H12N2O2. The van der Waals surface area contributed by atoms with Gasteiger partial charge in [0.05, 0.1) is 5.70 Å². The number of hydrogen-bond acceptors (Lipinski definition) is 4. The number of Topliss-reactive ketones (excluding diaryl/α,β-unsaturated/α-hetero) is 2. The number of ketones is 2. The number of carbonyl (C=O) groups excluding carboxylic acids is 2. The summed E-state index contributed by atoms with van der Waals surface area (Å²) in [6, 6.07) is 15.5. The Kier molecular flexibility index (Phi) is 2.39. The maximum Gasteiger partial charge on any atom is 0.251 e. The zero-order valence-electron chi connectivity index (χ0n) is 11.6. The van der Waals surface area contributed by atoms with Crippen molar-refractivity contribution in [3.63, 3.8) is 0 Å². The average molecular weight is 288 g/mol. The molecule has 4 rings (SSSR count). The number of allylic oxidation sites excluding steroid dienone is 1. The SMILES string of the molecule is NC1=C(N)c2cc3cc4ccccc4cc3cc2C(=O)C1=O. The van der Waals surface area contributed by atoms with Crippen LogP contribution in [0.15, 0.2) is 54.2 Å². The van der Waals surface area contributed by atoms with Gasteiger partial charge in [0.2, 0.25) is 5.78 Å². The van der Waals surface area contributed by atoms with E-state index in [1.165, 1.54) is 0 Å². The fraction of sp³-hybridized carbons (Fsp3) is 0. The van der Waals surface area contributed by atoms with Gasteiger partial charge in [0, 0.05) is 11.1 Å². The Morgan fingerprint density at radius 2 is 1.14 bits per heavy atom. The normalized spacial score (nSPS) is 14.7. The van der Waals surface area contributed by atoms with Gasteiger partial charge in [-0.15, -0.1) is 0 Å². The lowest BCUT2D eigenvalue weighted by Crippen LogP contribution is -2.30. The molecule has 4 nitrogen and oxygen atoms in total. The summed E-state index contributed by atoms with van der Waals surface area (Å²) in [6.45, 7) is 0. The lowest BCUT2D eigenvalue weighted by molar-refractivity contribution is -0.111. The minimum Gasteiger partial charge on any atom is -0.396 e. The highest BCUT2D eigenvalue weighted by Gasteiger charge is 2.30. The smallest absolute Gasteiger partial charge is 0.251 e. The highest BCUT2D eigenvalue weighted by Crippen LogP contribution is 2.31. The van der Waals surface area contributed by atoms with Crippen LogP contribution in [0.2, 0.25) is 0 Å². The quantitative estimate of drug-likeness (QED) is 0.491. The fourth-order valence-electron chi connectivity index (χ4n) is 2.91. The molecule has 0 aliphatic heterocycles. The molecule has 1 aliphatic carbocycles. The van der Waals surface area contributed by atoms with Crippen LogP contribution in [0.3, 0.4) is 0 Å².